The standard InChI is InChI=1S/C28H29Cl2N3O5S/c1-28(2,18-26(34)33-15-5-6-16-33)31-27(35)22-17-19(29)9-14-24(22)32-39(36,37)21-12-10-20(11-13-21)38-25-8-4-3-7-23(25)30/h3-4,7-14,17,32H,5-6,15-16,18H2,1-2H3,(H,31,35). The molecule has 1 aliphatic heterocycles. The minimum Gasteiger partial charge on any atom is -0.456 e. The summed E-state index contributed by atoms with van der Waals surface area (Å²) < 4.78 is 34.5. The van der Waals surface area contributed by atoms with Crippen molar-refractivity contribution in [1.29, 1.82) is 0 Å². The van der Waals surface area contributed by atoms with E-state index >= 15 is 0 Å². The number of anilines is 1. The minimum atomic E-state index is -4.07. The highest BCUT2D eigenvalue weighted by Crippen LogP contribution is 2.30. The Balaban J connectivity index is 1.49. The third-order valence-electron chi connectivity index (χ3n) is 6.17. The molecule has 39 heavy (non-hydrogen) atoms. The van der Waals surface area contributed by atoms with Gasteiger partial charge >= 0.3 is 0 Å². The average molecular weight is 591 g/mol. The van der Waals surface area contributed by atoms with Gasteiger partial charge in [0.05, 0.1) is 21.2 Å². The van der Waals surface area contributed by atoms with Crippen LogP contribution in [0.4, 0.5) is 5.69 Å². The highest BCUT2D eigenvalue weighted by molar-refractivity contribution is 7.92. The molecule has 0 unspecified atom stereocenters. The normalized spacial score (nSPS) is 13.7. The molecule has 4 rings (SSSR count). The second kappa shape index (κ2) is 11.9. The van der Waals surface area contributed by atoms with Crippen LogP contribution in [0.3, 0.4) is 0 Å². The maximum atomic E-state index is 13.2. The van der Waals surface area contributed by atoms with Crippen LogP contribution in [0.5, 0.6) is 11.5 Å². The molecule has 0 aromatic heterocycles. The first-order chi connectivity index (χ1) is 18.4. The van der Waals surface area contributed by atoms with Gasteiger partial charge in [0.15, 0.2) is 0 Å². The molecule has 206 valence electrons. The molecule has 1 heterocycles. The maximum Gasteiger partial charge on any atom is 0.261 e. The average Bonchev–Trinajstić information content (AvgIpc) is 3.42. The van der Waals surface area contributed by atoms with Gasteiger partial charge in [-0.25, -0.2) is 8.42 Å². The fourth-order valence-corrected chi connectivity index (χ4v) is 5.64. The predicted molar refractivity (Wildman–Crippen MR) is 152 cm³/mol. The minimum absolute atomic E-state index is 0.0337. The van der Waals surface area contributed by atoms with Crippen molar-refractivity contribution < 1.29 is 22.7 Å². The Kier molecular flexibility index (Phi) is 8.73. The largest absolute Gasteiger partial charge is 0.456 e. The Morgan fingerprint density at radius 1 is 0.974 bits per heavy atom. The van der Waals surface area contributed by atoms with Gasteiger partial charge < -0.3 is 15.0 Å². The van der Waals surface area contributed by atoms with Gasteiger partial charge in [0.1, 0.15) is 11.5 Å². The quantitative estimate of drug-likeness (QED) is 0.313. The maximum absolute atomic E-state index is 13.2. The lowest BCUT2D eigenvalue weighted by Crippen LogP contribution is -2.47. The molecule has 0 aliphatic carbocycles. The Bertz CT molecular complexity index is 1470. The van der Waals surface area contributed by atoms with Gasteiger partial charge in [0, 0.05) is 30.1 Å². The zero-order valence-corrected chi connectivity index (χ0v) is 23.9. The van der Waals surface area contributed by atoms with E-state index in [2.05, 4.69) is 10.0 Å². The van der Waals surface area contributed by atoms with Crippen molar-refractivity contribution in [2.75, 3.05) is 17.8 Å². The number of carbonyl (C=O) groups excluding carboxylic acids is 2. The molecule has 0 bridgehead atoms. The molecule has 0 spiro atoms. The SMILES string of the molecule is CC(C)(CC(=O)N1CCCC1)NC(=O)c1cc(Cl)ccc1NS(=O)(=O)c1ccc(Oc2ccccc2Cl)cc1. The molecule has 3 aromatic carbocycles. The van der Waals surface area contributed by atoms with E-state index in [1.54, 1.807) is 43.0 Å². The summed E-state index contributed by atoms with van der Waals surface area (Å²) in [6.07, 6.45) is 2.06. The van der Waals surface area contributed by atoms with Crippen molar-refractivity contribution >= 4 is 50.7 Å². The summed E-state index contributed by atoms with van der Waals surface area (Å²) in [5.41, 5.74) is -0.784. The van der Waals surface area contributed by atoms with Crippen molar-refractivity contribution in [3.63, 3.8) is 0 Å². The molecule has 1 saturated heterocycles. The molecule has 0 saturated carbocycles. The molecule has 1 aliphatic rings. The third kappa shape index (κ3) is 7.44. The Morgan fingerprint density at radius 2 is 1.64 bits per heavy atom. The smallest absolute Gasteiger partial charge is 0.261 e. The van der Waals surface area contributed by atoms with Crippen LogP contribution in [0.2, 0.25) is 10.0 Å². The van der Waals surface area contributed by atoms with Crippen LogP contribution in [0, 0.1) is 0 Å². The molecular formula is C28H29Cl2N3O5S. The lowest BCUT2D eigenvalue weighted by atomic mass is 9.98. The molecule has 0 atom stereocenters. The summed E-state index contributed by atoms with van der Waals surface area (Å²) in [4.78, 5) is 27.6. The summed E-state index contributed by atoms with van der Waals surface area (Å²) in [6.45, 7) is 4.94. The molecule has 2 amide bonds. The number of benzene rings is 3. The number of hydrogen-bond donors (Lipinski definition) is 2. The van der Waals surface area contributed by atoms with Gasteiger partial charge in [-0.3, -0.25) is 14.3 Å². The van der Waals surface area contributed by atoms with Crippen molar-refractivity contribution in [2.45, 2.75) is 43.5 Å². The summed E-state index contributed by atoms with van der Waals surface area (Å²) in [7, 11) is -4.07. The van der Waals surface area contributed by atoms with Crippen LogP contribution < -0.4 is 14.8 Å². The van der Waals surface area contributed by atoms with E-state index in [-0.39, 0.29) is 33.5 Å². The van der Waals surface area contributed by atoms with E-state index in [9.17, 15) is 18.0 Å². The lowest BCUT2D eigenvalue weighted by molar-refractivity contribution is -0.131. The number of sulfonamides is 1. The van der Waals surface area contributed by atoms with E-state index in [1.807, 2.05) is 0 Å². The molecule has 0 radical (unpaired) electrons. The Morgan fingerprint density at radius 3 is 2.31 bits per heavy atom. The van der Waals surface area contributed by atoms with E-state index in [1.165, 1.54) is 42.5 Å². The number of ether oxygens (including phenoxy) is 1. The van der Waals surface area contributed by atoms with Crippen molar-refractivity contribution in [3.05, 3.63) is 82.3 Å². The van der Waals surface area contributed by atoms with E-state index < -0.39 is 21.5 Å². The topological polar surface area (TPSA) is 105 Å². The van der Waals surface area contributed by atoms with Crippen LogP contribution >= 0.6 is 23.2 Å². The number of nitrogens with one attached hydrogen (secondary N) is 2. The molecule has 3 aromatic rings. The van der Waals surface area contributed by atoms with Crippen LogP contribution in [-0.2, 0) is 14.8 Å². The summed E-state index contributed by atoms with van der Waals surface area (Å²) in [6, 6.07) is 17.0. The van der Waals surface area contributed by atoms with E-state index in [0.29, 0.717) is 16.5 Å². The van der Waals surface area contributed by atoms with Gasteiger partial charge in [-0.05, 0) is 81.3 Å². The molecule has 11 heteroatoms. The first-order valence-corrected chi connectivity index (χ1v) is 14.6. The van der Waals surface area contributed by atoms with Crippen LogP contribution in [-0.4, -0.2) is 43.8 Å². The number of para-hydroxylation sites is 1. The third-order valence-corrected chi connectivity index (χ3v) is 8.10. The van der Waals surface area contributed by atoms with Crippen molar-refractivity contribution in [2.24, 2.45) is 0 Å². The van der Waals surface area contributed by atoms with Gasteiger partial charge in [-0.1, -0.05) is 35.3 Å². The summed E-state index contributed by atoms with van der Waals surface area (Å²) in [5.74, 6) is 0.249. The number of rotatable bonds is 9. The second-order valence-corrected chi connectivity index (χ2v) is 12.4. The number of hydrogen-bond acceptors (Lipinski definition) is 5. The zero-order valence-electron chi connectivity index (χ0n) is 21.5. The molecule has 1 fully saturated rings. The zero-order chi connectivity index (χ0) is 28.2. The fourth-order valence-electron chi connectivity index (χ4n) is 4.21. The number of likely N-dealkylation sites (tertiary alicyclic amines) is 1. The van der Waals surface area contributed by atoms with Gasteiger partial charge in [-0.15, -0.1) is 0 Å². The van der Waals surface area contributed by atoms with Crippen molar-refractivity contribution in [1.82, 2.24) is 10.2 Å². The Hall–Kier alpha value is -3.27. The van der Waals surface area contributed by atoms with Gasteiger partial charge in [-0.2, -0.15) is 0 Å². The molecule has 8 nitrogen and oxygen atoms in total. The molecular weight excluding hydrogens is 561 g/mol. The second-order valence-electron chi connectivity index (χ2n) is 9.90. The fraction of sp³-hybridized carbons (Fsp3) is 0.286. The first kappa shape index (κ1) is 28.7. The number of carbonyl (C=O) groups is 2. The van der Waals surface area contributed by atoms with Gasteiger partial charge in [0.25, 0.3) is 15.9 Å². The van der Waals surface area contributed by atoms with Crippen LogP contribution in [0.25, 0.3) is 0 Å². The van der Waals surface area contributed by atoms with Crippen LogP contribution in [0.1, 0.15) is 43.5 Å². The lowest BCUT2D eigenvalue weighted by Gasteiger charge is -2.28. The van der Waals surface area contributed by atoms with Crippen LogP contribution in [0.15, 0.2) is 71.6 Å². The van der Waals surface area contributed by atoms with Gasteiger partial charge in [0.2, 0.25) is 5.91 Å². The predicted octanol–water partition coefficient (Wildman–Crippen LogP) is 6.11. The Labute approximate surface area is 238 Å². The first-order valence-electron chi connectivity index (χ1n) is 12.4. The molecule has 2 N–H and O–H groups in total. The number of amides is 2. The van der Waals surface area contributed by atoms with Crippen molar-refractivity contribution in [3.8, 4) is 11.5 Å². The highest BCUT2D eigenvalue weighted by atomic mass is 35.5. The van der Waals surface area contributed by atoms with E-state index in [4.69, 9.17) is 27.9 Å². The van der Waals surface area contributed by atoms with E-state index in [0.717, 1.165) is 25.9 Å². The number of nitrogens with zero attached hydrogens (tertiary/aromatic N) is 1. The number of halogens is 2. The summed E-state index contributed by atoms with van der Waals surface area (Å²) in [5, 5.41) is 3.53. The highest BCUT2D eigenvalue weighted by Gasteiger charge is 2.29. The summed E-state index contributed by atoms with van der Waals surface area (Å²) >= 11 is 12.3. The monoisotopic (exact) mass is 589 g/mol.